The highest BCUT2D eigenvalue weighted by Gasteiger charge is 2.22. The van der Waals surface area contributed by atoms with E-state index in [4.69, 9.17) is 0 Å². The van der Waals surface area contributed by atoms with E-state index in [9.17, 15) is 10.1 Å². The first-order chi connectivity index (χ1) is 11.7. The van der Waals surface area contributed by atoms with Gasteiger partial charge in [-0.25, -0.2) is 0 Å². The van der Waals surface area contributed by atoms with Crippen LogP contribution < -0.4 is 0 Å². The number of fused-ring (bicyclic) bond motifs is 3. The highest BCUT2D eigenvalue weighted by atomic mass is 16.1. The van der Waals surface area contributed by atoms with Gasteiger partial charge < -0.3 is 4.40 Å². The van der Waals surface area contributed by atoms with Gasteiger partial charge in [0.1, 0.15) is 6.07 Å². The second-order valence-corrected chi connectivity index (χ2v) is 5.78. The van der Waals surface area contributed by atoms with Crippen LogP contribution in [0.4, 0.5) is 0 Å². The molecule has 0 aliphatic carbocycles. The molecule has 0 radical (unpaired) electrons. The van der Waals surface area contributed by atoms with Crippen LogP contribution in [0.2, 0.25) is 0 Å². The van der Waals surface area contributed by atoms with Crippen molar-refractivity contribution in [2.24, 2.45) is 0 Å². The van der Waals surface area contributed by atoms with Crippen LogP contribution in [0, 0.1) is 18.3 Å². The van der Waals surface area contributed by atoms with Crippen LogP contribution >= 0.6 is 0 Å². The van der Waals surface area contributed by atoms with Gasteiger partial charge in [0.2, 0.25) is 5.78 Å². The van der Waals surface area contributed by atoms with Crippen molar-refractivity contribution in [1.82, 2.24) is 4.40 Å². The minimum Gasteiger partial charge on any atom is -0.311 e. The summed E-state index contributed by atoms with van der Waals surface area (Å²) in [5.41, 5.74) is 3.26. The SMILES string of the molecule is Cc1c(C#N)c2c3ccccc3ccn2c1C(=O)c1ccccc1. The van der Waals surface area contributed by atoms with Gasteiger partial charge in [-0.2, -0.15) is 5.26 Å². The zero-order valence-electron chi connectivity index (χ0n) is 13.2. The van der Waals surface area contributed by atoms with Crippen molar-refractivity contribution in [1.29, 1.82) is 5.26 Å². The van der Waals surface area contributed by atoms with Crippen molar-refractivity contribution in [2.75, 3.05) is 0 Å². The summed E-state index contributed by atoms with van der Waals surface area (Å²) < 4.78 is 1.85. The Bertz CT molecular complexity index is 1130. The number of aromatic nitrogens is 1. The number of pyridine rings is 1. The maximum atomic E-state index is 13.0. The molecule has 4 aromatic rings. The summed E-state index contributed by atoms with van der Waals surface area (Å²) in [6.45, 7) is 1.84. The van der Waals surface area contributed by atoms with E-state index in [1.54, 1.807) is 12.1 Å². The maximum absolute atomic E-state index is 13.0. The number of hydrogen-bond acceptors (Lipinski definition) is 2. The fourth-order valence-electron chi connectivity index (χ4n) is 3.28. The largest absolute Gasteiger partial charge is 0.311 e. The summed E-state index contributed by atoms with van der Waals surface area (Å²) in [6.07, 6.45) is 1.88. The van der Waals surface area contributed by atoms with E-state index in [0.29, 0.717) is 16.8 Å². The van der Waals surface area contributed by atoms with E-state index in [2.05, 4.69) is 6.07 Å². The Morgan fingerprint density at radius 1 is 1.00 bits per heavy atom. The topological polar surface area (TPSA) is 45.3 Å². The maximum Gasteiger partial charge on any atom is 0.210 e. The molecule has 114 valence electrons. The average molecular weight is 310 g/mol. The van der Waals surface area contributed by atoms with E-state index in [1.165, 1.54) is 0 Å². The molecule has 0 aliphatic rings. The summed E-state index contributed by atoms with van der Waals surface area (Å²) in [7, 11) is 0. The Morgan fingerprint density at radius 3 is 2.46 bits per heavy atom. The van der Waals surface area contributed by atoms with Crippen LogP contribution in [0.1, 0.15) is 27.2 Å². The number of nitriles is 1. The highest BCUT2D eigenvalue weighted by Crippen LogP contribution is 2.30. The average Bonchev–Trinajstić information content (AvgIpc) is 2.93. The minimum atomic E-state index is -0.0696. The first-order valence-electron chi connectivity index (χ1n) is 7.74. The standard InChI is InChI=1S/C21H14N2O/c1-14-18(13-22)20-17-10-6-5-7-15(17)11-12-23(20)19(14)21(24)16-8-3-2-4-9-16/h2-12H,1H3. The summed E-state index contributed by atoms with van der Waals surface area (Å²) >= 11 is 0. The number of hydrogen-bond donors (Lipinski definition) is 0. The molecule has 2 aromatic carbocycles. The minimum absolute atomic E-state index is 0.0696. The first-order valence-corrected chi connectivity index (χ1v) is 7.74. The van der Waals surface area contributed by atoms with Crippen LogP contribution in [0.5, 0.6) is 0 Å². The molecule has 0 aliphatic heterocycles. The Kier molecular flexibility index (Phi) is 3.18. The van der Waals surface area contributed by atoms with Gasteiger partial charge >= 0.3 is 0 Å². The van der Waals surface area contributed by atoms with E-state index in [1.807, 2.05) is 66.1 Å². The highest BCUT2D eigenvalue weighted by molar-refractivity contribution is 6.12. The fraction of sp³-hybridized carbons (Fsp3) is 0.0476. The van der Waals surface area contributed by atoms with Crippen molar-refractivity contribution < 1.29 is 4.79 Å². The van der Waals surface area contributed by atoms with Gasteiger partial charge in [-0.05, 0) is 23.9 Å². The van der Waals surface area contributed by atoms with Crippen LogP contribution in [-0.2, 0) is 0 Å². The molecule has 0 atom stereocenters. The van der Waals surface area contributed by atoms with Gasteiger partial charge in [-0.15, -0.1) is 0 Å². The van der Waals surface area contributed by atoms with Gasteiger partial charge in [0, 0.05) is 17.1 Å². The molecule has 0 fully saturated rings. The Balaban J connectivity index is 2.11. The van der Waals surface area contributed by atoms with Crippen LogP contribution in [0.25, 0.3) is 16.3 Å². The smallest absolute Gasteiger partial charge is 0.210 e. The van der Waals surface area contributed by atoms with Crippen molar-refractivity contribution in [3.63, 3.8) is 0 Å². The third-order valence-electron chi connectivity index (χ3n) is 4.43. The van der Waals surface area contributed by atoms with Gasteiger partial charge in [0.15, 0.2) is 0 Å². The predicted molar refractivity (Wildman–Crippen MR) is 94.2 cm³/mol. The molecule has 2 aromatic heterocycles. The zero-order chi connectivity index (χ0) is 16.7. The van der Waals surface area contributed by atoms with Gasteiger partial charge in [0.25, 0.3) is 0 Å². The third-order valence-corrected chi connectivity index (χ3v) is 4.43. The molecule has 0 bridgehead atoms. The predicted octanol–water partition coefficient (Wildman–Crippen LogP) is 4.50. The molecule has 0 unspecified atom stereocenters. The van der Waals surface area contributed by atoms with Crippen LogP contribution in [-0.4, -0.2) is 10.2 Å². The number of ketones is 1. The molecule has 2 heterocycles. The normalized spacial score (nSPS) is 10.8. The molecule has 0 saturated carbocycles. The lowest BCUT2D eigenvalue weighted by molar-refractivity contribution is 0.103. The number of carbonyl (C=O) groups excluding carboxylic acids is 1. The second kappa shape index (κ2) is 5.36. The Labute approximate surface area is 139 Å². The lowest BCUT2D eigenvalue weighted by Crippen LogP contribution is -2.06. The van der Waals surface area contributed by atoms with Crippen molar-refractivity contribution in [2.45, 2.75) is 6.92 Å². The number of benzene rings is 2. The molecule has 3 nitrogen and oxygen atoms in total. The Hall–Kier alpha value is -3.38. The molecule has 4 rings (SSSR count). The summed E-state index contributed by atoms with van der Waals surface area (Å²) in [4.78, 5) is 13.0. The Morgan fingerprint density at radius 2 is 1.71 bits per heavy atom. The van der Waals surface area contributed by atoms with E-state index in [-0.39, 0.29) is 5.78 Å². The fourth-order valence-corrected chi connectivity index (χ4v) is 3.28. The summed E-state index contributed by atoms with van der Waals surface area (Å²) in [5.74, 6) is -0.0696. The van der Waals surface area contributed by atoms with E-state index >= 15 is 0 Å². The van der Waals surface area contributed by atoms with Crippen molar-refractivity contribution >= 4 is 22.1 Å². The third kappa shape index (κ3) is 1.94. The summed E-state index contributed by atoms with van der Waals surface area (Å²) in [6, 6.07) is 21.4. The quantitative estimate of drug-likeness (QED) is 0.512. The lowest BCUT2D eigenvalue weighted by Gasteiger charge is -2.06. The van der Waals surface area contributed by atoms with Gasteiger partial charge in [-0.1, -0.05) is 54.6 Å². The van der Waals surface area contributed by atoms with Crippen molar-refractivity contribution in [3.8, 4) is 6.07 Å². The van der Waals surface area contributed by atoms with Gasteiger partial charge in [0.05, 0.1) is 16.8 Å². The number of carbonyl (C=O) groups is 1. The molecular weight excluding hydrogens is 296 g/mol. The number of nitrogens with zero attached hydrogens (tertiary/aromatic N) is 2. The van der Waals surface area contributed by atoms with E-state index in [0.717, 1.165) is 21.9 Å². The first kappa shape index (κ1) is 14.2. The van der Waals surface area contributed by atoms with Gasteiger partial charge in [-0.3, -0.25) is 4.79 Å². The number of rotatable bonds is 2. The molecule has 0 spiro atoms. The molecule has 24 heavy (non-hydrogen) atoms. The van der Waals surface area contributed by atoms with Crippen LogP contribution in [0.15, 0.2) is 66.9 Å². The second-order valence-electron chi connectivity index (χ2n) is 5.78. The molecular formula is C21H14N2O. The molecule has 0 N–H and O–H groups in total. The van der Waals surface area contributed by atoms with E-state index < -0.39 is 0 Å². The van der Waals surface area contributed by atoms with Crippen LogP contribution in [0.3, 0.4) is 0 Å². The molecule has 0 saturated heterocycles. The summed E-state index contributed by atoms with van der Waals surface area (Å²) in [5, 5.41) is 11.7. The molecule has 3 heteroatoms. The van der Waals surface area contributed by atoms with Crippen molar-refractivity contribution in [3.05, 3.63) is 89.2 Å². The lowest BCUT2D eigenvalue weighted by atomic mass is 10.0. The zero-order valence-corrected chi connectivity index (χ0v) is 13.2. The monoisotopic (exact) mass is 310 g/mol. The molecule has 0 amide bonds.